The average molecular weight is 348 g/mol. The van der Waals surface area contributed by atoms with E-state index in [1.807, 2.05) is 20.0 Å². The summed E-state index contributed by atoms with van der Waals surface area (Å²) in [6.45, 7) is 2.70. The van der Waals surface area contributed by atoms with Crippen LogP contribution in [0.15, 0.2) is 42.7 Å². The topological polar surface area (TPSA) is 25.4 Å². The maximum Gasteiger partial charge on any atom is 0.416 e. The van der Waals surface area contributed by atoms with Crippen LogP contribution in [-0.4, -0.2) is 30.6 Å². The molecule has 0 N–H and O–H groups in total. The van der Waals surface area contributed by atoms with Gasteiger partial charge in [0.2, 0.25) is 0 Å². The highest BCUT2D eigenvalue weighted by molar-refractivity contribution is 5.68. The number of nitrogens with zero attached hydrogens (tertiary/aromatic N) is 2. The van der Waals surface area contributed by atoms with E-state index in [2.05, 4.69) is 16.0 Å². The molecule has 3 rings (SSSR count). The van der Waals surface area contributed by atoms with Crippen molar-refractivity contribution in [3.05, 3.63) is 65.0 Å². The molecular formula is C19H19F3N2O. The van der Waals surface area contributed by atoms with Crippen LogP contribution in [0.5, 0.6) is 5.75 Å². The average Bonchev–Trinajstić information content (AvgIpc) is 2.71. The van der Waals surface area contributed by atoms with Gasteiger partial charge in [-0.1, -0.05) is 12.1 Å². The van der Waals surface area contributed by atoms with Crippen LogP contribution in [0.25, 0.3) is 5.57 Å². The Morgan fingerprint density at radius 2 is 1.96 bits per heavy atom. The maximum atomic E-state index is 13.0. The van der Waals surface area contributed by atoms with Crippen LogP contribution in [0.3, 0.4) is 0 Å². The summed E-state index contributed by atoms with van der Waals surface area (Å²) in [7, 11) is 3.33. The van der Waals surface area contributed by atoms with Crippen molar-refractivity contribution in [3.8, 4) is 5.75 Å². The number of benzene rings is 1. The van der Waals surface area contributed by atoms with Crippen molar-refractivity contribution in [1.82, 2.24) is 9.88 Å². The predicted molar refractivity (Wildman–Crippen MR) is 90.4 cm³/mol. The van der Waals surface area contributed by atoms with Crippen molar-refractivity contribution in [2.75, 3.05) is 20.7 Å². The van der Waals surface area contributed by atoms with Crippen LogP contribution in [-0.2, 0) is 6.18 Å². The number of hydrogen-bond acceptors (Lipinski definition) is 3. The zero-order chi connectivity index (χ0) is 18.2. The summed E-state index contributed by atoms with van der Waals surface area (Å²) in [4.78, 5) is 6.29. The van der Waals surface area contributed by atoms with Gasteiger partial charge in [0.1, 0.15) is 5.75 Å². The first kappa shape index (κ1) is 17.5. The van der Waals surface area contributed by atoms with Gasteiger partial charge in [0, 0.05) is 24.5 Å². The molecule has 0 spiro atoms. The van der Waals surface area contributed by atoms with Crippen LogP contribution >= 0.6 is 0 Å². The van der Waals surface area contributed by atoms with Gasteiger partial charge >= 0.3 is 6.18 Å². The Hall–Kier alpha value is -2.34. The van der Waals surface area contributed by atoms with E-state index in [0.717, 1.165) is 28.8 Å². The van der Waals surface area contributed by atoms with E-state index in [1.165, 1.54) is 13.2 Å². The minimum absolute atomic E-state index is 0.223. The Labute approximate surface area is 144 Å². The Kier molecular flexibility index (Phi) is 4.56. The Morgan fingerprint density at radius 3 is 2.64 bits per heavy atom. The molecule has 1 aliphatic rings. The molecule has 0 radical (unpaired) electrons. The van der Waals surface area contributed by atoms with E-state index in [1.54, 1.807) is 12.4 Å². The molecule has 0 saturated carbocycles. The van der Waals surface area contributed by atoms with E-state index in [4.69, 9.17) is 4.74 Å². The van der Waals surface area contributed by atoms with Gasteiger partial charge in [0.15, 0.2) is 0 Å². The molecule has 0 bridgehead atoms. The number of hydrogen-bond donors (Lipinski definition) is 0. The smallest absolute Gasteiger partial charge is 0.416 e. The highest BCUT2D eigenvalue weighted by Gasteiger charge is 2.33. The zero-order valence-corrected chi connectivity index (χ0v) is 14.3. The molecule has 0 amide bonds. The largest absolute Gasteiger partial charge is 0.496 e. The van der Waals surface area contributed by atoms with Crippen molar-refractivity contribution >= 4 is 5.57 Å². The first-order chi connectivity index (χ1) is 11.8. The first-order valence-corrected chi connectivity index (χ1v) is 7.89. The summed E-state index contributed by atoms with van der Waals surface area (Å²) < 4.78 is 44.4. The van der Waals surface area contributed by atoms with E-state index in [9.17, 15) is 13.2 Å². The second-order valence-corrected chi connectivity index (χ2v) is 6.15. The fourth-order valence-corrected chi connectivity index (χ4v) is 3.24. The third-order valence-corrected chi connectivity index (χ3v) is 4.55. The molecule has 0 aliphatic carbocycles. The van der Waals surface area contributed by atoms with Crippen molar-refractivity contribution < 1.29 is 17.9 Å². The molecule has 132 valence electrons. The van der Waals surface area contributed by atoms with Gasteiger partial charge in [0.25, 0.3) is 0 Å². The molecule has 25 heavy (non-hydrogen) atoms. The molecule has 1 unspecified atom stereocenters. The highest BCUT2D eigenvalue weighted by atomic mass is 19.4. The standard InChI is InChI=1S/C19H19F3N2O/c1-12-7-9-24(2)18(16-11-23-8-6-14(12)16)15-5-4-13(19(20,21)22)10-17(15)25-3/h4-8,10-11,18H,9H2,1-3H3. The number of allylic oxidation sites excluding steroid dienone is 1. The summed E-state index contributed by atoms with van der Waals surface area (Å²) in [5, 5.41) is 0. The van der Waals surface area contributed by atoms with Crippen LogP contribution < -0.4 is 4.74 Å². The van der Waals surface area contributed by atoms with Gasteiger partial charge in [-0.3, -0.25) is 9.88 Å². The zero-order valence-electron chi connectivity index (χ0n) is 14.3. The number of pyridine rings is 1. The van der Waals surface area contributed by atoms with E-state index in [-0.39, 0.29) is 11.8 Å². The van der Waals surface area contributed by atoms with Gasteiger partial charge in [-0.05, 0) is 48.9 Å². The molecule has 2 aromatic rings. The number of rotatable bonds is 2. The molecule has 3 nitrogen and oxygen atoms in total. The monoisotopic (exact) mass is 348 g/mol. The molecule has 1 aliphatic heterocycles. The lowest BCUT2D eigenvalue weighted by molar-refractivity contribution is -0.137. The molecule has 1 aromatic carbocycles. The number of fused-ring (bicyclic) bond motifs is 1. The number of halogens is 3. The molecule has 1 atom stereocenters. The van der Waals surface area contributed by atoms with E-state index >= 15 is 0 Å². The number of methoxy groups -OCH3 is 1. The van der Waals surface area contributed by atoms with Crippen molar-refractivity contribution in [2.24, 2.45) is 0 Å². The number of aromatic nitrogens is 1. The molecule has 1 aromatic heterocycles. The molecule has 2 heterocycles. The first-order valence-electron chi connectivity index (χ1n) is 7.89. The van der Waals surface area contributed by atoms with Crippen LogP contribution in [0.1, 0.15) is 35.2 Å². The Balaban J connectivity index is 2.17. The van der Waals surface area contributed by atoms with Crippen molar-refractivity contribution in [3.63, 3.8) is 0 Å². The molecule has 6 heteroatoms. The van der Waals surface area contributed by atoms with Gasteiger partial charge in [-0.15, -0.1) is 0 Å². The third kappa shape index (κ3) is 3.26. The minimum Gasteiger partial charge on any atom is -0.496 e. The number of likely N-dealkylation sites (N-methyl/N-ethyl adjacent to an activating group) is 1. The Bertz CT molecular complexity index is 815. The quantitative estimate of drug-likeness (QED) is 0.796. The fraction of sp³-hybridized carbons (Fsp3) is 0.316. The van der Waals surface area contributed by atoms with Gasteiger partial charge in [-0.2, -0.15) is 13.2 Å². The van der Waals surface area contributed by atoms with Crippen LogP contribution in [0.2, 0.25) is 0 Å². The summed E-state index contributed by atoms with van der Waals surface area (Å²) in [6, 6.07) is 5.36. The second-order valence-electron chi connectivity index (χ2n) is 6.15. The lowest BCUT2D eigenvalue weighted by Crippen LogP contribution is -2.26. The molecular weight excluding hydrogens is 329 g/mol. The second kappa shape index (κ2) is 6.52. The number of alkyl halides is 3. The third-order valence-electron chi connectivity index (χ3n) is 4.55. The van der Waals surface area contributed by atoms with Crippen molar-refractivity contribution in [2.45, 2.75) is 19.1 Å². The van der Waals surface area contributed by atoms with Crippen LogP contribution in [0.4, 0.5) is 13.2 Å². The maximum absolute atomic E-state index is 13.0. The molecule has 0 fully saturated rings. The van der Waals surface area contributed by atoms with Crippen LogP contribution in [0, 0.1) is 0 Å². The van der Waals surface area contributed by atoms with E-state index < -0.39 is 11.7 Å². The van der Waals surface area contributed by atoms with Crippen molar-refractivity contribution in [1.29, 1.82) is 0 Å². The van der Waals surface area contributed by atoms with Gasteiger partial charge in [0.05, 0.1) is 18.7 Å². The SMILES string of the molecule is COc1cc(C(F)(F)F)ccc1C1c2cnccc2C(C)=CCN1C. The fourth-order valence-electron chi connectivity index (χ4n) is 3.24. The summed E-state index contributed by atoms with van der Waals surface area (Å²) in [5.41, 5.74) is 3.10. The minimum atomic E-state index is -4.40. The van der Waals surface area contributed by atoms with E-state index in [0.29, 0.717) is 12.1 Å². The molecule has 0 saturated heterocycles. The number of ether oxygens (including phenoxy) is 1. The Morgan fingerprint density at radius 1 is 1.20 bits per heavy atom. The lowest BCUT2D eigenvalue weighted by atomic mass is 9.92. The normalized spacial score (nSPS) is 18.3. The van der Waals surface area contributed by atoms with Gasteiger partial charge < -0.3 is 4.74 Å². The summed E-state index contributed by atoms with van der Waals surface area (Å²) in [6.07, 6.45) is 1.20. The predicted octanol–water partition coefficient (Wildman–Crippen LogP) is 4.55. The summed E-state index contributed by atoms with van der Waals surface area (Å²) in [5.74, 6) is 0.223. The highest BCUT2D eigenvalue weighted by Crippen LogP contribution is 2.41. The van der Waals surface area contributed by atoms with Gasteiger partial charge in [-0.25, -0.2) is 0 Å². The lowest BCUT2D eigenvalue weighted by Gasteiger charge is -2.29. The summed E-state index contributed by atoms with van der Waals surface area (Å²) >= 11 is 0.